The predicted octanol–water partition coefficient (Wildman–Crippen LogP) is 1.38. The molecule has 0 heterocycles. The Morgan fingerprint density at radius 3 is 1.74 bits per heavy atom. The van der Waals surface area contributed by atoms with E-state index >= 15 is 0 Å². The molecule has 0 saturated heterocycles. The Balaban J connectivity index is 0. The summed E-state index contributed by atoms with van der Waals surface area (Å²) in [5, 5.41) is 8.73. The zero-order valence-electron chi connectivity index (χ0n) is 15.4. The van der Waals surface area contributed by atoms with Gasteiger partial charge in [-0.3, -0.25) is 0 Å². The summed E-state index contributed by atoms with van der Waals surface area (Å²) in [7, 11) is -4.19. The third kappa shape index (κ3) is 16.1. The molecule has 0 spiro atoms. The number of unbranched alkanes of at least 4 members (excludes halogenated alkanes) is 7. The van der Waals surface area contributed by atoms with E-state index in [1.807, 2.05) is 6.92 Å². The topological polar surface area (TPSA) is 77.4 Å². The van der Waals surface area contributed by atoms with Crippen molar-refractivity contribution in [1.29, 1.82) is 0 Å². The van der Waals surface area contributed by atoms with Gasteiger partial charge in [-0.2, -0.15) is 0 Å². The molecule has 134 valence electrons. The van der Waals surface area contributed by atoms with E-state index in [0.717, 1.165) is 32.1 Å². The maximum absolute atomic E-state index is 11.3. The smallest absolute Gasteiger partial charge is 0.748 e. The monoisotopic (exact) mass is 358 g/mol. The molecule has 23 heavy (non-hydrogen) atoms. The van der Waals surface area contributed by atoms with Gasteiger partial charge < -0.3 is 9.66 Å². The van der Waals surface area contributed by atoms with Crippen molar-refractivity contribution in [2.75, 3.05) is 0 Å². The second kappa shape index (κ2) is 16.3. The Morgan fingerprint density at radius 2 is 1.26 bits per heavy atom. The molecule has 2 unspecified atom stereocenters. The molecule has 0 saturated carbocycles. The van der Waals surface area contributed by atoms with Gasteiger partial charge >= 0.3 is 29.6 Å². The van der Waals surface area contributed by atoms with Gasteiger partial charge in [-0.15, -0.1) is 0 Å². The van der Waals surface area contributed by atoms with Crippen LogP contribution >= 0.6 is 0 Å². The van der Waals surface area contributed by atoms with Gasteiger partial charge in [0.2, 0.25) is 0 Å². The average Bonchev–Trinajstić information content (AvgIpc) is 2.46. The molecule has 0 aromatic carbocycles. The first kappa shape index (κ1) is 26.1. The van der Waals surface area contributed by atoms with Crippen molar-refractivity contribution in [1.82, 2.24) is 0 Å². The van der Waals surface area contributed by atoms with Crippen LogP contribution in [0.4, 0.5) is 0 Å². The van der Waals surface area contributed by atoms with Gasteiger partial charge in [0.15, 0.2) is 0 Å². The summed E-state index contributed by atoms with van der Waals surface area (Å²) in [6, 6.07) is 0. The van der Waals surface area contributed by atoms with Crippen LogP contribution < -0.4 is 29.6 Å². The van der Waals surface area contributed by atoms with Crippen LogP contribution in [-0.4, -0.2) is 29.4 Å². The van der Waals surface area contributed by atoms with Crippen molar-refractivity contribution in [2.24, 2.45) is 0 Å². The number of aliphatic hydroxyl groups is 1. The first-order valence-corrected chi connectivity index (χ1v) is 10.5. The van der Waals surface area contributed by atoms with Crippen molar-refractivity contribution < 1.29 is 47.6 Å². The van der Waals surface area contributed by atoms with Crippen molar-refractivity contribution >= 4 is 10.1 Å². The minimum Gasteiger partial charge on any atom is -0.748 e. The zero-order chi connectivity index (χ0) is 16.8. The summed E-state index contributed by atoms with van der Waals surface area (Å²) >= 11 is 0. The first-order valence-electron chi connectivity index (χ1n) is 9.04. The summed E-state index contributed by atoms with van der Waals surface area (Å²) in [4.78, 5) is 0. The molecule has 0 aliphatic rings. The molecule has 4 nitrogen and oxygen atoms in total. The maximum Gasteiger partial charge on any atom is 1.00 e. The normalized spacial score (nSPS) is 14.3. The summed E-state index contributed by atoms with van der Waals surface area (Å²) in [6.45, 7) is 4.11. The Kier molecular flexibility index (Phi) is 18.5. The van der Waals surface area contributed by atoms with Crippen LogP contribution in [0.2, 0.25) is 0 Å². The summed E-state index contributed by atoms with van der Waals surface area (Å²) in [5.74, 6) is 0. The predicted molar refractivity (Wildman–Crippen MR) is 90.9 cm³/mol. The van der Waals surface area contributed by atoms with Crippen LogP contribution in [0.15, 0.2) is 0 Å². The molecule has 1 N–H and O–H groups in total. The van der Waals surface area contributed by atoms with Crippen molar-refractivity contribution in [2.45, 2.75) is 109 Å². The van der Waals surface area contributed by atoms with Crippen LogP contribution in [0.3, 0.4) is 0 Å². The van der Waals surface area contributed by atoms with Crippen LogP contribution in [-0.2, 0) is 10.1 Å². The SMILES string of the molecule is CCCCCCCCCC(CCCCC(O)CC)S(=O)(=O)[O-].[Na+]. The van der Waals surface area contributed by atoms with Gasteiger partial charge in [0.05, 0.1) is 16.2 Å². The first-order chi connectivity index (χ1) is 10.4. The number of hydrogen-bond acceptors (Lipinski definition) is 4. The zero-order valence-corrected chi connectivity index (χ0v) is 18.2. The molecule has 6 heteroatoms. The molecule has 0 rings (SSSR count). The standard InChI is InChI=1S/C17H36O4S.Na/c1-3-5-6-7-8-9-10-14-17(22(19,20)21)15-12-11-13-16(18)4-2;/h16-18H,3-15H2,1-2H3,(H,19,20,21);/q;+1/p-1. The number of rotatable bonds is 15. The number of aliphatic hydroxyl groups excluding tert-OH is 1. The second-order valence-corrected chi connectivity index (χ2v) is 8.02. The maximum atomic E-state index is 11.3. The van der Waals surface area contributed by atoms with Crippen LogP contribution in [0.1, 0.15) is 97.3 Å². The fourth-order valence-electron chi connectivity index (χ4n) is 2.72. The Hall–Kier alpha value is 0.870. The molecule has 0 amide bonds. The molecule has 0 radical (unpaired) electrons. The van der Waals surface area contributed by atoms with E-state index in [4.69, 9.17) is 0 Å². The Labute approximate surface area is 165 Å². The van der Waals surface area contributed by atoms with E-state index in [1.165, 1.54) is 25.7 Å². The molecule has 0 aliphatic heterocycles. The largest absolute Gasteiger partial charge is 1.00 e. The average molecular weight is 359 g/mol. The second-order valence-electron chi connectivity index (χ2n) is 6.37. The van der Waals surface area contributed by atoms with Gasteiger partial charge in [-0.1, -0.05) is 71.6 Å². The van der Waals surface area contributed by atoms with E-state index in [1.54, 1.807) is 0 Å². The van der Waals surface area contributed by atoms with Gasteiger partial charge in [0.1, 0.15) is 0 Å². The third-order valence-corrected chi connectivity index (χ3v) is 5.61. The third-order valence-electron chi connectivity index (χ3n) is 4.32. The fraction of sp³-hybridized carbons (Fsp3) is 1.00. The van der Waals surface area contributed by atoms with Crippen molar-refractivity contribution in [3.05, 3.63) is 0 Å². The fourth-order valence-corrected chi connectivity index (χ4v) is 3.63. The van der Waals surface area contributed by atoms with Crippen molar-refractivity contribution in [3.63, 3.8) is 0 Å². The van der Waals surface area contributed by atoms with Gasteiger partial charge in [-0.05, 0) is 25.7 Å². The number of hydrogen-bond donors (Lipinski definition) is 1. The molecule has 0 aliphatic carbocycles. The van der Waals surface area contributed by atoms with Crippen molar-refractivity contribution in [3.8, 4) is 0 Å². The molecular weight excluding hydrogens is 323 g/mol. The molecule has 0 aromatic rings. The Morgan fingerprint density at radius 1 is 0.826 bits per heavy atom. The van der Waals surface area contributed by atoms with Gasteiger partial charge in [0, 0.05) is 5.25 Å². The van der Waals surface area contributed by atoms with Crippen LogP contribution in [0.25, 0.3) is 0 Å². The molecular formula is C17H35NaO4S. The van der Waals surface area contributed by atoms with Gasteiger partial charge in [-0.25, -0.2) is 8.42 Å². The van der Waals surface area contributed by atoms with E-state index in [-0.39, 0.29) is 35.7 Å². The Bertz CT molecular complexity index is 347. The quantitative estimate of drug-likeness (QED) is 0.272. The summed E-state index contributed by atoms with van der Waals surface area (Å²) in [6.07, 6.45) is 11.5. The summed E-state index contributed by atoms with van der Waals surface area (Å²) < 4.78 is 33.9. The van der Waals surface area contributed by atoms with E-state index in [0.29, 0.717) is 25.7 Å². The minimum absolute atomic E-state index is 0. The molecule has 0 bridgehead atoms. The van der Waals surface area contributed by atoms with E-state index in [2.05, 4.69) is 6.92 Å². The van der Waals surface area contributed by atoms with E-state index < -0.39 is 15.4 Å². The molecule has 0 aromatic heterocycles. The van der Waals surface area contributed by atoms with Crippen LogP contribution in [0, 0.1) is 0 Å². The molecule has 0 fully saturated rings. The van der Waals surface area contributed by atoms with Gasteiger partial charge in [0.25, 0.3) is 0 Å². The molecule has 2 atom stereocenters. The summed E-state index contributed by atoms with van der Waals surface area (Å²) in [5.41, 5.74) is 0. The van der Waals surface area contributed by atoms with E-state index in [9.17, 15) is 18.1 Å². The van der Waals surface area contributed by atoms with Crippen LogP contribution in [0.5, 0.6) is 0 Å². The minimum atomic E-state index is -4.19.